The predicted molar refractivity (Wildman–Crippen MR) is 251 cm³/mol. The van der Waals surface area contributed by atoms with Gasteiger partial charge in [0.05, 0.1) is 16.8 Å². The fraction of sp³-hybridized carbons (Fsp3) is 0.158. The molecule has 0 N–H and O–H groups in total. The molecule has 7 aromatic carbocycles. The van der Waals surface area contributed by atoms with Crippen LogP contribution in [0, 0.1) is 0 Å². The largest absolute Gasteiger partial charge is 0.229 e. The van der Waals surface area contributed by atoms with Crippen molar-refractivity contribution in [1.82, 2.24) is 0 Å². The lowest BCUT2D eigenvalue weighted by molar-refractivity contribution is 0.586. The van der Waals surface area contributed by atoms with Crippen LogP contribution in [0.15, 0.2) is 193 Å². The molecule has 0 unspecified atom stereocenters. The molecule has 0 saturated heterocycles. The van der Waals surface area contributed by atoms with Gasteiger partial charge in [-0.3, -0.25) is 0 Å². The molecule has 59 heavy (non-hydrogen) atoms. The van der Waals surface area contributed by atoms with Crippen molar-refractivity contribution in [3.05, 3.63) is 233 Å². The summed E-state index contributed by atoms with van der Waals surface area (Å²) in [4.78, 5) is 10.6. The number of nitrogens with zero attached hydrogens (tertiary/aromatic N) is 2. The van der Waals surface area contributed by atoms with Gasteiger partial charge in [-0.25, -0.2) is 9.98 Å². The maximum absolute atomic E-state index is 5.29. The topological polar surface area (TPSA) is 24.7 Å². The van der Waals surface area contributed by atoms with Gasteiger partial charge < -0.3 is 0 Å². The van der Waals surface area contributed by atoms with E-state index < -0.39 is 5.41 Å². The number of allylic oxidation sites excluding steroid dienone is 1. The maximum Gasteiger partial charge on any atom is 0.160 e. The van der Waals surface area contributed by atoms with Gasteiger partial charge in [-0.2, -0.15) is 0 Å². The van der Waals surface area contributed by atoms with E-state index in [4.69, 9.17) is 9.98 Å². The molecule has 9 rings (SSSR count). The Morgan fingerprint density at radius 3 is 1.56 bits per heavy atom. The molecule has 2 nitrogen and oxygen atoms in total. The van der Waals surface area contributed by atoms with Gasteiger partial charge in [-0.15, -0.1) is 0 Å². The van der Waals surface area contributed by atoms with Gasteiger partial charge in [-0.05, 0) is 95.3 Å². The number of rotatable bonds is 6. The van der Waals surface area contributed by atoms with E-state index in [9.17, 15) is 0 Å². The zero-order valence-corrected chi connectivity index (χ0v) is 35.0. The highest BCUT2D eigenvalue weighted by Crippen LogP contribution is 2.63. The van der Waals surface area contributed by atoms with Gasteiger partial charge >= 0.3 is 0 Å². The number of hydrogen-bond acceptors (Lipinski definition) is 1. The van der Waals surface area contributed by atoms with Crippen molar-refractivity contribution in [2.24, 2.45) is 9.98 Å². The molecule has 0 fully saturated rings. The Hall–Kier alpha value is -6.64. The smallest absolute Gasteiger partial charge is 0.160 e. The Kier molecular flexibility index (Phi) is 9.20. The summed E-state index contributed by atoms with van der Waals surface area (Å²) in [5.41, 5.74) is 18.9. The van der Waals surface area contributed by atoms with Crippen LogP contribution in [0.2, 0.25) is 0 Å². The fourth-order valence-electron chi connectivity index (χ4n) is 9.14. The summed E-state index contributed by atoms with van der Waals surface area (Å²) in [5, 5.41) is 0. The van der Waals surface area contributed by atoms with Gasteiger partial charge in [0.15, 0.2) is 5.84 Å². The third-order valence-electron chi connectivity index (χ3n) is 12.2. The van der Waals surface area contributed by atoms with Crippen molar-refractivity contribution in [3.63, 3.8) is 0 Å². The SMILES string of the molecule is C=CC(=NC(=NC(=C)c1ccc2c(c1)C1(c3ccccc3-2)c2cc(C(C)(C)C)ccc2-c2ccc(C(C)(C)C)cc21)c1ccccc1)c1ccccc1-c1ccccc1. The standard InChI is InChI=1S/C57H50N2/c1-9-53(48-26-17-16-24-43(48)38-20-12-10-13-21-38)59-54(39-22-14-11-15-23-39)58-37(2)40-28-31-45-44-25-18-19-27-49(44)57(50(45)34-40)51-35-41(55(3,4)5)29-32-46(51)47-33-30-42(36-52(47)57)56(6,7)8/h9-36H,1-2H2,3-8H3. The van der Waals surface area contributed by atoms with Crippen LogP contribution < -0.4 is 0 Å². The summed E-state index contributed by atoms with van der Waals surface area (Å²) < 4.78 is 0. The molecule has 0 saturated carbocycles. The van der Waals surface area contributed by atoms with Crippen LogP contribution in [0.1, 0.15) is 91.6 Å². The summed E-state index contributed by atoms with van der Waals surface area (Å²) in [6.07, 6.45) is 1.83. The van der Waals surface area contributed by atoms with Crippen LogP contribution in [0.5, 0.6) is 0 Å². The molecule has 1 spiro atoms. The summed E-state index contributed by atoms with van der Waals surface area (Å²) >= 11 is 0. The van der Waals surface area contributed by atoms with Gasteiger partial charge in [0.2, 0.25) is 0 Å². The van der Waals surface area contributed by atoms with E-state index in [1.54, 1.807) is 0 Å². The minimum atomic E-state index is -0.517. The molecule has 288 valence electrons. The molecular weight excluding hydrogens is 713 g/mol. The Morgan fingerprint density at radius 2 is 0.966 bits per heavy atom. The molecule has 0 bridgehead atoms. The predicted octanol–water partition coefficient (Wildman–Crippen LogP) is 14.4. The van der Waals surface area contributed by atoms with Crippen molar-refractivity contribution in [1.29, 1.82) is 0 Å². The van der Waals surface area contributed by atoms with E-state index in [-0.39, 0.29) is 10.8 Å². The van der Waals surface area contributed by atoms with E-state index in [1.807, 2.05) is 36.4 Å². The molecule has 0 aliphatic heterocycles. The minimum Gasteiger partial charge on any atom is -0.229 e. The first kappa shape index (κ1) is 37.9. The Bertz CT molecular complexity index is 2790. The van der Waals surface area contributed by atoms with E-state index >= 15 is 0 Å². The normalized spacial score (nSPS) is 14.1. The number of benzene rings is 7. The third-order valence-corrected chi connectivity index (χ3v) is 12.2. The van der Waals surface area contributed by atoms with Crippen LogP contribution in [0.4, 0.5) is 0 Å². The third kappa shape index (κ3) is 6.35. The molecule has 0 heterocycles. The Labute approximate surface area is 350 Å². The molecule has 0 amide bonds. The van der Waals surface area contributed by atoms with E-state index in [0.717, 1.165) is 33.5 Å². The molecule has 2 aliphatic carbocycles. The second-order valence-electron chi connectivity index (χ2n) is 17.9. The van der Waals surface area contributed by atoms with Crippen LogP contribution >= 0.6 is 0 Å². The summed E-state index contributed by atoms with van der Waals surface area (Å²) in [6.45, 7) is 22.7. The monoisotopic (exact) mass is 762 g/mol. The molecule has 0 radical (unpaired) electrons. The van der Waals surface area contributed by atoms with E-state index in [2.05, 4.69) is 188 Å². The highest BCUT2D eigenvalue weighted by molar-refractivity contribution is 6.19. The van der Waals surface area contributed by atoms with Gasteiger partial charge in [0, 0.05) is 11.1 Å². The van der Waals surface area contributed by atoms with Gasteiger partial charge in [0.1, 0.15) is 0 Å². The second kappa shape index (κ2) is 14.3. The van der Waals surface area contributed by atoms with Crippen molar-refractivity contribution in [3.8, 4) is 33.4 Å². The lowest BCUT2D eigenvalue weighted by Crippen LogP contribution is -2.27. The lowest BCUT2D eigenvalue weighted by Gasteiger charge is -2.33. The molecule has 2 heteroatoms. The molecule has 0 aromatic heterocycles. The molecule has 0 atom stereocenters. The van der Waals surface area contributed by atoms with Gasteiger partial charge in [-0.1, -0.05) is 212 Å². The second-order valence-corrected chi connectivity index (χ2v) is 17.9. The number of amidine groups is 1. The lowest BCUT2D eigenvalue weighted by atomic mass is 9.68. The number of aliphatic imine (C=N–C) groups is 2. The first-order valence-electron chi connectivity index (χ1n) is 20.6. The van der Waals surface area contributed by atoms with Crippen LogP contribution in [-0.4, -0.2) is 11.5 Å². The van der Waals surface area contributed by atoms with E-state index in [1.165, 1.54) is 55.6 Å². The highest BCUT2D eigenvalue weighted by atomic mass is 14.9. The summed E-state index contributed by atoms with van der Waals surface area (Å²) in [7, 11) is 0. The van der Waals surface area contributed by atoms with Crippen molar-refractivity contribution in [2.75, 3.05) is 0 Å². The Balaban J connectivity index is 1.25. The summed E-state index contributed by atoms with van der Waals surface area (Å²) in [5.74, 6) is 0.577. The molecule has 2 aliphatic rings. The number of hydrogen-bond donors (Lipinski definition) is 0. The van der Waals surface area contributed by atoms with Crippen LogP contribution in [-0.2, 0) is 16.2 Å². The zero-order valence-electron chi connectivity index (χ0n) is 35.0. The zero-order chi connectivity index (χ0) is 41.1. The summed E-state index contributed by atoms with van der Waals surface area (Å²) in [6, 6.07) is 59.2. The highest BCUT2D eigenvalue weighted by Gasteiger charge is 2.52. The van der Waals surface area contributed by atoms with Crippen molar-refractivity contribution in [2.45, 2.75) is 57.8 Å². The maximum atomic E-state index is 5.29. The van der Waals surface area contributed by atoms with Crippen LogP contribution in [0.25, 0.3) is 39.1 Å². The van der Waals surface area contributed by atoms with Crippen LogP contribution in [0.3, 0.4) is 0 Å². The first-order valence-corrected chi connectivity index (χ1v) is 20.6. The molecule has 7 aromatic rings. The quantitative estimate of drug-likeness (QED) is 0.119. The average Bonchev–Trinajstić information content (AvgIpc) is 3.71. The molecular formula is C57H50N2. The fourth-order valence-corrected chi connectivity index (χ4v) is 9.14. The van der Waals surface area contributed by atoms with Crippen molar-refractivity contribution >= 4 is 17.2 Å². The van der Waals surface area contributed by atoms with Crippen molar-refractivity contribution < 1.29 is 0 Å². The minimum absolute atomic E-state index is 0.0202. The number of fused-ring (bicyclic) bond motifs is 10. The Morgan fingerprint density at radius 1 is 0.475 bits per heavy atom. The first-order chi connectivity index (χ1) is 28.4. The van der Waals surface area contributed by atoms with Gasteiger partial charge in [0.25, 0.3) is 0 Å². The average molecular weight is 763 g/mol. The van der Waals surface area contributed by atoms with E-state index in [0.29, 0.717) is 11.5 Å².